The molecule has 0 saturated carbocycles. The van der Waals surface area contributed by atoms with Crippen LogP contribution in [0.2, 0.25) is 5.02 Å². The van der Waals surface area contributed by atoms with Crippen molar-refractivity contribution in [2.45, 2.75) is 25.2 Å². The first-order valence-corrected chi connectivity index (χ1v) is 9.77. The monoisotopic (exact) mass is 471 g/mol. The SMILES string of the molecule is NC(=O)N[C@@H](CC(=O)OCC(=O)N(Cc1ccccc1)CC(F)(F)F)c1ccccc1Cl. The molecule has 172 valence electrons. The number of urea groups is 1. The Morgan fingerprint density at radius 1 is 1.06 bits per heavy atom. The summed E-state index contributed by atoms with van der Waals surface area (Å²) in [5.41, 5.74) is 6.01. The van der Waals surface area contributed by atoms with Crippen LogP contribution in [0.5, 0.6) is 0 Å². The number of nitrogens with two attached hydrogens (primary N) is 1. The van der Waals surface area contributed by atoms with E-state index in [9.17, 15) is 27.6 Å². The molecule has 11 heteroatoms. The predicted octanol–water partition coefficient (Wildman–Crippen LogP) is 3.57. The van der Waals surface area contributed by atoms with Crippen molar-refractivity contribution >= 4 is 29.5 Å². The van der Waals surface area contributed by atoms with E-state index >= 15 is 0 Å². The standard InChI is InChI=1S/C21H21ClF3N3O4/c22-16-9-5-4-8-15(16)17(27-20(26)31)10-19(30)32-12-18(29)28(13-21(23,24)25)11-14-6-2-1-3-7-14/h1-9,17H,10-13H2,(H3,26,27,31)/t17-/m0/s1. The molecule has 0 aliphatic carbocycles. The van der Waals surface area contributed by atoms with Gasteiger partial charge in [-0.25, -0.2) is 4.79 Å². The topological polar surface area (TPSA) is 102 Å². The van der Waals surface area contributed by atoms with Gasteiger partial charge in [0.15, 0.2) is 6.61 Å². The molecular weight excluding hydrogens is 451 g/mol. The number of nitrogens with one attached hydrogen (secondary N) is 1. The maximum atomic E-state index is 12.9. The fraction of sp³-hybridized carbons (Fsp3) is 0.286. The Morgan fingerprint density at radius 2 is 1.69 bits per heavy atom. The number of hydrogen-bond acceptors (Lipinski definition) is 4. The van der Waals surface area contributed by atoms with Crippen LogP contribution in [0.15, 0.2) is 54.6 Å². The largest absolute Gasteiger partial charge is 0.455 e. The van der Waals surface area contributed by atoms with Gasteiger partial charge in [0.2, 0.25) is 0 Å². The molecule has 3 amide bonds. The molecule has 0 aromatic heterocycles. The average Bonchev–Trinajstić information content (AvgIpc) is 2.71. The van der Waals surface area contributed by atoms with Crippen molar-refractivity contribution in [2.75, 3.05) is 13.2 Å². The number of hydrogen-bond donors (Lipinski definition) is 2. The first-order chi connectivity index (χ1) is 15.0. The van der Waals surface area contributed by atoms with E-state index in [1.807, 2.05) is 0 Å². The Bertz CT molecular complexity index is 941. The molecule has 0 spiro atoms. The highest BCUT2D eigenvalue weighted by molar-refractivity contribution is 6.31. The molecule has 0 saturated heterocycles. The Kier molecular flexibility index (Phi) is 8.89. The molecule has 1 atom stereocenters. The minimum absolute atomic E-state index is 0.259. The van der Waals surface area contributed by atoms with Gasteiger partial charge in [0.1, 0.15) is 6.54 Å². The molecule has 0 fully saturated rings. The van der Waals surface area contributed by atoms with Crippen molar-refractivity contribution in [1.82, 2.24) is 10.2 Å². The van der Waals surface area contributed by atoms with Gasteiger partial charge in [0.25, 0.3) is 5.91 Å². The quantitative estimate of drug-likeness (QED) is 0.546. The van der Waals surface area contributed by atoms with Crippen LogP contribution >= 0.6 is 11.6 Å². The van der Waals surface area contributed by atoms with Crippen molar-refractivity contribution in [1.29, 1.82) is 0 Å². The van der Waals surface area contributed by atoms with Gasteiger partial charge in [-0.1, -0.05) is 60.1 Å². The second-order valence-electron chi connectivity index (χ2n) is 6.80. The maximum Gasteiger partial charge on any atom is 0.406 e. The summed E-state index contributed by atoms with van der Waals surface area (Å²) in [7, 11) is 0. The highest BCUT2D eigenvalue weighted by atomic mass is 35.5. The van der Waals surface area contributed by atoms with Gasteiger partial charge in [-0.2, -0.15) is 13.2 Å². The zero-order valence-electron chi connectivity index (χ0n) is 16.8. The molecule has 2 aromatic rings. The van der Waals surface area contributed by atoms with E-state index in [-0.39, 0.29) is 11.6 Å². The summed E-state index contributed by atoms with van der Waals surface area (Å²) in [6, 6.07) is 12.6. The number of esters is 1. The highest BCUT2D eigenvalue weighted by Gasteiger charge is 2.33. The highest BCUT2D eigenvalue weighted by Crippen LogP contribution is 2.25. The number of alkyl halides is 3. The van der Waals surface area contributed by atoms with E-state index in [1.165, 1.54) is 0 Å². The number of benzene rings is 2. The van der Waals surface area contributed by atoms with Gasteiger partial charge in [-0.3, -0.25) is 9.59 Å². The van der Waals surface area contributed by atoms with Gasteiger partial charge < -0.3 is 20.7 Å². The van der Waals surface area contributed by atoms with Crippen LogP contribution in [0.4, 0.5) is 18.0 Å². The van der Waals surface area contributed by atoms with Crippen molar-refractivity contribution in [3.05, 3.63) is 70.7 Å². The molecule has 0 aliphatic heterocycles. The van der Waals surface area contributed by atoms with Crippen LogP contribution < -0.4 is 11.1 Å². The van der Waals surface area contributed by atoms with Crippen molar-refractivity contribution in [3.8, 4) is 0 Å². The first-order valence-electron chi connectivity index (χ1n) is 9.39. The van der Waals surface area contributed by atoms with E-state index in [4.69, 9.17) is 22.1 Å². The summed E-state index contributed by atoms with van der Waals surface area (Å²) in [4.78, 5) is 36.4. The van der Waals surface area contributed by atoms with Gasteiger partial charge in [0, 0.05) is 11.6 Å². The summed E-state index contributed by atoms with van der Waals surface area (Å²) < 4.78 is 43.6. The number of halogens is 4. The molecule has 0 radical (unpaired) electrons. The lowest BCUT2D eigenvalue weighted by atomic mass is 10.0. The van der Waals surface area contributed by atoms with E-state index < -0.39 is 49.7 Å². The molecule has 7 nitrogen and oxygen atoms in total. The second-order valence-corrected chi connectivity index (χ2v) is 7.21. The first kappa shape index (κ1) is 25.0. The molecule has 3 N–H and O–H groups in total. The fourth-order valence-corrected chi connectivity index (χ4v) is 3.15. The van der Waals surface area contributed by atoms with Crippen LogP contribution in [-0.2, 0) is 20.9 Å². The molecular formula is C21H21ClF3N3O4. The molecule has 2 aromatic carbocycles. The zero-order valence-corrected chi connectivity index (χ0v) is 17.5. The number of ether oxygens (including phenoxy) is 1. The Hall–Kier alpha value is -3.27. The van der Waals surface area contributed by atoms with Crippen LogP contribution in [0.1, 0.15) is 23.6 Å². The summed E-state index contributed by atoms with van der Waals surface area (Å²) in [5.74, 6) is -1.94. The summed E-state index contributed by atoms with van der Waals surface area (Å²) in [6.07, 6.45) is -5.06. The van der Waals surface area contributed by atoms with Gasteiger partial charge in [-0.15, -0.1) is 0 Å². The van der Waals surface area contributed by atoms with Crippen molar-refractivity contribution in [3.63, 3.8) is 0 Å². The number of nitrogens with zero attached hydrogens (tertiary/aromatic N) is 1. The van der Waals surface area contributed by atoms with Gasteiger partial charge >= 0.3 is 18.2 Å². The lowest BCUT2D eigenvalue weighted by Crippen LogP contribution is -2.41. The normalized spacial score (nSPS) is 12.0. The van der Waals surface area contributed by atoms with Crippen molar-refractivity contribution < 1.29 is 32.3 Å². The maximum absolute atomic E-state index is 12.9. The van der Waals surface area contributed by atoms with E-state index in [0.29, 0.717) is 16.0 Å². The Labute approximate surface area is 187 Å². The predicted molar refractivity (Wildman–Crippen MR) is 110 cm³/mol. The summed E-state index contributed by atoms with van der Waals surface area (Å²) in [6.45, 7) is -2.69. The fourth-order valence-electron chi connectivity index (χ4n) is 2.88. The number of carbonyl (C=O) groups excluding carboxylic acids is 3. The molecule has 0 bridgehead atoms. The minimum atomic E-state index is -4.63. The molecule has 0 heterocycles. The number of amides is 3. The lowest BCUT2D eigenvalue weighted by molar-refractivity contribution is -0.167. The summed E-state index contributed by atoms with van der Waals surface area (Å²) >= 11 is 6.08. The lowest BCUT2D eigenvalue weighted by Gasteiger charge is -2.24. The van der Waals surface area contributed by atoms with Crippen LogP contribution in [0.25, 0.3) is 0 Å². The van der Waals surface area contributed by atoms with E-state index in [0.717, 1.165) is 0 Å². The second kappa shape index (κ2) is 11.4. The Morgan fingerprint density at radius 3 is 2.28 bits per heavy atom. The van der Waals surface area contributed by atoms with Crippen LogP contribution in [0, 0.1) is 0 Å². The van der Waals surface area contributed by atoms with Gasteiger partial charge in [-0.05, 0) is 17.2 Å². The third kappa shape index (κ3) is 8.46. The van der Waals surface area contributed by atoms with Crippen LogP contribution in [0.3, 0.4) is 0 Å². The minimum Gasteiger partial charge on any atom is -0.455 e. The Balaban J connectivity index is 2.03. The number of carbonyl (C=O) groups is 3. The molecule has 0 aliphatic rings. The third-order valence-electron chi connectivity index (χ3n) is 4.26. The molecule has 32 heavy (non-hydrogen) atoms. The van der Waals surface area contributed by atoms with Crippen molar-refractivity contribution in [2.24, 2.45) is 5.73 Å². The number of primary amides is 1. The smallest absolute Gasteiger partial charge is 0.406 e. The van der Waals surface area contributed by atoms with E-state index in [2.05, 4.69) is 5.32 Å². The summed E-state index contributed by atoms with van der Waals surface area (Å²) in [5, 5.41) is 2.61. The molecule has 0 unspecified atom stereocenters. The average molecular weight is 472 g/mol. The van der Waals surface area contributed by atoms with Crippen LogP contribution in [-0.4, -0.2) is 42.1 Å². The van der Waals surface area contributed by atoms with Gasteiger partial charge in [0.05, 0.1) is 12.5 Å². The van der Waals surface area contributed by atoms with E-state index in [1.54, 1.807) is 54.6 Å². The number of rotatable bonds is 9. The zero-order chi connectivity index (χ0) is 23.7. The third-order valence-corrected chi connectivity index (χ3v) is 4.61. The molecule has 2 rings (SSSR count).